The maximum atomic E-state index is 14.2. The normalized spacial score (nSPS) is 12.2. The maximum absolute atomic E-state index is 14.2. The van der Waals surface area contributed by atoms with Crippen LogP contribution in [0.4, 0.5) is 4.39 Å². The zero-order chi connectivity index (χ0) is 21.3. The molecule has 0 fully saturated rings. The van der Waals surface area contributed by atoms with Crippen molar-refractivity contribution >= 4 is 34.0 Å². The van der Waals surface area contributed by atoms with Gasteiger partial charge in [-0.05, 0) is 32.4 Å². The van der Waals surface area contributed by atoms with Crippen LogP contribution in [0, 0.1) is 19.7 Å². The summed E-state index contributed by atoms with van der Waals surface area (Å²) in [5.41, 5.74) is 3.72. The Morgan fingerprint density at radius 2 is 1.90 bits per heavy atom. The van der Waals surface area contributed by atoms with Gasteiger partial charge in [-0.2, -0.15) is 0 Å². The molecule has 0 aliphatic carbocycles. The summed E-state index contributed by atoms with van der Waals surface area (Å²) in [6.45, 7) is 5.51. The standard InChI is InChI=1S/C22H23FN2O3S/c1-12-4-6-15(7-5-12)22(29)25-14(3)20(13(2)21(28)24-8-9-26)16-10-19(27)17(23)11-18(16)25/h4-7,10-11,13,26-27H,8-9H2,1-3H3,(H,24,28). The Labute approximate surface area is 173 Å². The highest BCUT2D eigenvalue weighted by atomic mass is 32.1. The van der Waals surface area contributed by atoms with E-state index in [0.717, 1.165) is 11.1 Å². The molecular weight excluding hydrogens is 391 g/mol. The summed E-state index contributed by atoms with van der Waals surface area (Å²) in [5, 5.41) is 22.1. The molecule has 3 aromatic rings. The Bertz CT molecular complexity index is 1090. The van der Waals surface area contributed by atoms with Crippen molar-refractivity contribution in [2.75, 3.05) is 13.2 Å². The summed E-state index contributed by atoms with van der Waals surface area (Å²) in [6.07, 6.45) is 0. The Morgan fingerprint density at radius 1 is 1.24 bits per heavy atom. The number of aromatic nitrogens is 1. The fourth-order valence-corrected chi connectivity index (χ4v) is 3.92. The fraction of sp³-hybridized carbons (Fsp3) is 0.273. The number of benzene rings is 2. The van der Waals surface area contributed by atoms with E-state index in [1.54, 1.807) is 11.5 Å². The lowest BCUT2D eigenvalue weighted by atomic mass is 9.97. The minimum absolute atomic E-state index is 0.141. The van der Waals surface area contributed by atoms with E-state index in [-0.39, 0.29) is 19.1 Å². The topological polar surface area (TPSA) is 74.5 Å². The third kappa shape index (κ3) is 3.88. The van der Waals surface area contributed by atoms with E-state index in [1.807, 2.05) is 38.1 Å². The molecule has 0 saturated carbocycles. The number of aryl methyl sites for hydroxylation is 1. The molecule has 1 amide bonds. The summed E-state index contributed by atoms with van der Waals surface area (Å²) < 4.78 is 15.9. The van der Waals surface area contributed by atoms with E-state index in [9.17, 15) is 14.3 Å². The molecule has 1 aromatic heterocycles. The largest absolute Gasteiger partial charge is 0.505 e. The van der Waals surface area contributed by atoms with E-state index in [0.29, 0.717) is 27.1 Å². The minimum atomic E-state index is -0.758. The van der Waals surface area contributed by atoms with Gasteiger partial charge in [0.2, 0.25) is 5.91 Å². The van der Waals surface area contributed by atoms with Gasteiger partial charge in [0.1, 0.15) is 4.99 Å². The van der Waals surface area contributed by atoms with Gasteiger partial charge >= 0.3 is 0 Å². The van der Waals surface area contributed by atoms with Gasteiger partial charge in [0.25, 0.3) is 0 Å². The molecule has 1 unspecified atom stereocenters. The van der Waals surface area contributed by atoms with Crippen LogP contribution >= 0.6 is 12.2 Å². The summed E-state index contributed by atoms with van der Waals surface area (Å²) in [5.74, 6) is -2.10. The number of carbonyl (C=O) groups is 1. The van der Waals surface area contributed by atoms with E-state index >= 15 is 0 Å². The number of carbonyl (C=O) groups excluding carboxylic acids is 1. The maximum Gasteiger partial charge on any atom is 0.227 e. The van der Waals surface area contributed by atoms with Crippen molar-refractivity contribution in [1.29, 1.82) is 0 Å². The van der Waals surface area contributed by atoms with E-state index in [4.69, 9.17) is 17.3 Å². The monoisotopic (exact) mass is 414 g/mol. The SMILES string of the molecule is Cc1ccc(C(=S)n2c(C)c(C(C)C(=O)NCCO)c3cc(O)c(F)cc32)cc1. The molecule has 5 nitrogen and oxygen atoms in total. The van der Waals surface area contributed by atoms with Gasteiger partial charge in [-0.25, -0.2) is 4.39 Å². The Morgan fingerprint density at radius 3 is 2.52 bits per heavy atom. The molecule has 0 aliphatic heterocycles. The van der Waals surface area contributed by atoms with Gasteiger partial charge in [-0.15, -0.1) is 0 Å². The molecular formula is C22H23FN2O3S. The summed E-state index contributed by atoms with van der Waals surface area (Å²) in [6, 6.07) is 10.3. The van der Waals surface area contributed by atoms with Gasteiger partial charge in [0.05, 0.1) is 18.0 Å². The number of aliphatic hydroxyl groups excluding tert-OH is 1. The number of rotatable bonds is 5. The molecule has 0 aliphatic rings. The first-order valence-corrected chi connectivity index (χ1v) is 9.70. The number of fused-ring (bicyclic) bond motifs is 1. The lowest BCUT2D eigenvalue weighted by Crippen LogP contribution is -2.30. The molecule has 0 radical (unpaired) electrons. The number of nitrogens with one attached hydrogen (secondary N) is 1. The number of nitrogens with zero attached hydrogens (tertiary/aromatic N) is 1. The predicted molar refractivity (Wildman–Crippen MR) is 115 cm³/mol. The van der Waals surface area contributed by atoms with Gasteiger partial charge in [0.15, 0.2) is 11.6 Å². The Balaban J connectivity index is 2.21. The number of phenolic OH excluding ortho intramolecular Hbond substituents is 1. The van der Waals surface area contributed by atoms with Crippen molar-refractivity contribution < 1.29 is 19.4 Å². The van der Waals surface area contributed by atoms with Crippen LogP contribution in [0.1, 0.15) is 35.2 Å². The van der Waals surface area contributed by atoms with Crippen LogP contribution in [0.3, 0.4) is 0 Å². The zero-order valence-corrected chi connectivity index (χ0v) is 17.3. The van der Waals surface area contributed by atoms with Crippen molar-refractivity contribution in [2.24, 2.45) is 0 Å². The van der Waals surface area contributed by atoms with E-state index in [2.05, 4.69) is 5.32 Å². The Kier molecular flexibility index (Phi) is 6.00. The fourth-order valence-electron chi connectivity index (χ4n) is 3.54. The summed E-state index contributed by atoms with van der Waals surface area (Å²) >= 11 is 5.70. The molecule has 0 spiro atoms. The van der Waals surface area contributed by atoms with Gasteiger partial charge in [0, 0.05) is 29.3 Å². The second-order valence-electron chi connectivity index (χ2n) is 7.06. The van der Waals surface area contributed by atoms with Crippen molar-refractivity contribution in [1.82, 2.24) is 9.88 Å². The number of halogens is 1. The average Bonchev–Trinajstić information content (AvgIpc) is 2.96. The second kappa shape index (κ2) is 8.31. The number of thiocarbonyl (C=S) groups is 1. The third-order valence-corrected chi connectivity index (χ3v) is 5.48. The molecule has 29 heavy (non-hydrogen) atoms. The molecule has 3 N–H and O–H groups in total. The second-order valence-corrected chi connectivity index (χ2v) is 7.45. The first-order valence-electron chi connectivity index (χ1n) is 9.29. The Hall–Kier alpha value is -2.77. The van der Waals surface area contributed by atoms with Crippen LogP contribution in [0.15, 0.2) is 36.4 Å². The zero-order valence-electron chi connectivity index (χ0n) is 16.5. The lowest BCUT2D eigenvalue weighted by molar-refractivity contribution is -0.122. The molecule has 1 atom stereocenters. The van der Waals surface area contributed by atoms with Crippen molar-refractivity contribution in [2.45, 2.75) is 26.7 Å². The van der Waals surface area contributed by atoms with Gasteiger partial charge in [-0.1, -0.05) is 42.0 Å². The summed E-state index contributed by atoms with van der Waals surface area (Å²) in [4.78, 5) is 13.0. The van der Waals surface area contributed by atoms with Crippen molar-refractivity contribution in [3.63, 3.8) is 0 Å². The molecule has 152 valence electrons. The molecule has 2 aromatic carbocycles. The van der Waals surface area contributed by atoms with E-state index in [1.165, 1.54) is 12.1 Å². The number of aromatic hydroxyl groups is 1. The number of aliphatic hydroxyl groups is 1. The highest BCUT2D eigenvalue weighted by Gasteiger charge is 2.26. The lowest BCUT2D eigenvalue weighted by Gasteiger charge is -2.14. The van der Waals surface area contributed by atoms with Crippen LogP contribution in [-0.2, 0) is 4.79 Å². The van der Waals surface area contributed by atoms with Gasteiger partial charge < -0.3 is 20.1 Å². The van der Waals surface area contributed by atoms with E-state index < -0.39 is 17.5 Å². The first-order chi connectivity index (χ1) is 13.8. The average molecular weight is 415 g/mol. The molecule has 7 heteroatoms. The molecule has 0 saturated heterocycles. The number of amides is 1. The smallest absolute Gasteiger partial charge is 0.227 e. The van der Waals surface area contributed by atoms with Crippen LogP contribution in [0.25, 0.3) is 10.9 Å². The summed E-state index contributed by atoms with van der Waals surface area (Å²) in [7, 11) is 0. The van der Waals surface area contributed by atoms with Crippen LogP contribution in [0.5, 0.6) is 5.75 Å². The van der Waals surface area contributed by atoms with Crippen molar-refractivity contribution in [3.05, 3.63) is 64.6 Å². The highest BCUT2D eigenvalue weighted by molar-refractivity contribution is 7.80. The quantitative estimate of drug-likeness (QED) is 0.559. The number of hydrogen-bond acceptors (Lipinski definition) is 4. The minimum Gasteiger partial charge on any atom is -0.505 e. The molecule has 1 heterocycles. The van der Waals surface area contributed by atoms with Crippen molar-refractivity contribution in [3.8, 4) is 5.75 Å². The number of phenols is 1. The van der Waals surface area contributed by atoms with Gasteiger partial charge in [-0.3, -0.25) is 4.79 Å². The van der Waals surface area contributed by atoms with Crippen LogP contribution < -0.4 is 5.32 Å². The predicted octanol–water partition coefficient (Wildman–Crippen LogP) is 3.54. The first kappa shape index (κ1) is 21.0. The molecule has 0 bridgehead atoms. The van der Waals surface area contributed by atoms with Crippen LogP contribution in [-0.4, -0.2) is 38.8 Å². The van der Waals surface area contributed by atoms with Crippen LogP contribution in [0.2, 0.25) is 0 Å². The highest BCUT2D eigenvalue weighted by Crippen LogP contribution is 2.36. The number of hydrogen-bond donors (Lipinski definition) is 3. The third-order valence-electron chi connectivity index (χ3n) is 5.06. The molecule has 3 rings (SSSR count).